The van der Waals surface area contributed by atoms with Crippen molar-refractivity contribution in [1.82, 2.24) is 19.9 Å². The molecule has 3 aromatic rings. The first kappa shape index (κ1) is 23.6. The molecule has 0 radical (unpaired) electrons. The molecule has 3 atom stereocenters. The Bertz CT molecular complexity index is 1250. The zero-order valence-corrected chi connectivity index (χ0v) is 19.0. The van der Waals surface area contributed by atoms with Crippen molar-refractivity contribution in [3.05, 3.63) is 47.8 Å². The maximum Gasteiger partial charge on any atom is 0.255 e. The summed E-state index contributed by atoms with van der Waals surface area (Å²) in [5.74, 6) is -0.524. The predicted molar refractivity (Wildman–Crippen MR) is 124 cm³/mol. The van der Waals surface area contributed by atoms with Crippen molar-refractivity contribution in [3.8, 4) is 17.5 Å². The van der Waals surface area contributed by atoms with E-state index in [1.807, 2.05) is 12.1 Å². The van der Waals surface area contributed by atoms with E-state index in [4.69, 9.17) is 5.26 Å². The van der Waals surface area contributed by atoms with Gasteiger partial charge in [0, 0.05) is 12.2 Å². The number of amides is 1. The number of anilines is 1. The highest BCUT2D eigenvalue weighted by atomic mass is 19.1. The van der Waals surface area contributed by atoms with Crippen LogP contribution in [0.1, 0.15) is 49.0 Å². The van der Waals surface area contributed by atoms with Crippen molar-refractivity contribution in [1.29, 1.82) is 5.26 Å². The molecular formula is C24H27FN6O3. The lowest BCUT2D eigenvalue weighted by Crippen LogP contribution is -2.42. The SMILES string of the molecule is CC(C)(O)[C@H](F)CNC(=O)c1cnc(-c2ccc3cc(C#N)cnn23)cc1N[C@H]1CC[C@H](O)C1. The molecule has 10 heteroatoms. The number of fused-ring (bicyclic) bond motifs is 1. The summed E-state index contributed by atoms with van der Waals surface area (Å²) in [6.07, 6.45) is 2.81. The van der Waals surface area contributed by atoms with Crippen molar-refractivity contribution in [2.75, 3.05) is 11.9 Å². The van der Waals surface area contributed by atoms with Gasteiger partial charge in [0.05, 0.1) is 58.2 Å². The van der Waals surface area contributed by atoms with Crippen LogP contribution < -0.4 is 10.6 Å². The van der Waals surface area contributed by atoms with Gasteiger partial charge in [0.25, 0.3) is 5.91 Å². The lowest BCUT2D eigenvalue weighted by Gasteiger charge is -2.23. The van der Waals surface area contributed by atoms with Crippen molar-refractivity contribution in [2.24, 2.45) is 0 Å². The number of hydrogen-bond acceptors (Lipinski definition) is 7. The number of aromatic nitrogens is 3. The Labute approximate surface area is 196 Å². The van der Waals surface area contributed by atoms with E-state index in [0.717, 1.165) is 11.9 Å². The summed E-state index contributed by atoms with van der Waals surface area (Å²) in [7, 11) is 0. The van der Waals surface area contributed by atoms with Crippen LogP contribution in [-0.4, -0.2) is 61.2 Å². The second-order valence-corrected chi connectivity index (χ2v) is 9.17. The highest BCUT2D eigenvalue weighted by molar-refractivity contribution is 6.00. The summed E-state index contributed by atoms with van der Waals surface area (Å²) in [5, 5.41) is 39.0. The third-order valence-electron chi connectivity index (χ3n) is 6.01. The number of aliphatic hydroxyl groups excluding tert-OH is 1. The standard InChI is InChI=1S/C24H27FN6O3/c1-24(2,34)22(25)13-28-23(33)18-12-27-20(9-19(18)30-15-3-5-17(32)8-15)21-6-4-16-7-14(10-26)11-29-31(16)21/h4,6-7,9,11-12,15,17,22,32,34H,3,5,8,13H2,1-2H3,(H,27,30)(H,28,33)/t15-,17-,22+/m0/s1. The van der Waals surface area contributed by atoms with Gasteiger partial charge in [-0.15, -0.1) is 0 Å². The zero-order valence-electron chi connectivity index (χ0n) is 19.0. The van der Waals surface area contributed by atoms with E-state index in [1.54, 1.807) is 16.6 Å². The Morgan fingerprint density at radius 3 is 2.82 bits per heavy atom. The summed E-state index contributed by atoms with van der Waals surface area (Å²) in [6.45, 7) is 2.34. The molecule has 1 aliphatic rings. The van der Waals surface area contributed by atoms with E-state index in [0.29, 0.717) is 35.5 Å². The number of halogens is 1. The average Bonchev–Trinajstić information content (AvgIpc) is 3.41. The molecule has 4 rings (SSSR count). The minimum absolute atomic E-state index is 0.0255. The molecule has 4 N–H and O–H groups in total. The largest absolute Gasteiger partial charge is 0.393 e. The minimum Gasteiger partial charge on any atom is -0.393 e. The van der Waals surface area contributed by atoms with E-state index in [2.05, 4.69) is 26.8 Å². The Hall–Kier alpha value is -3.55. The van der Waals surface area contributed by atoms with Crippen LogP contribution in [0.15, 0.2) is 36.7 Å². The molecule has 0 unspecified atom stereocenters. The highest BCUT2D eigenvalue weighted by Crippen LogP contribution is 2.29. The number of hydrogen-bond donors (Lipinski definition) is 4. The van der Waals surface area contributed by atoms with Gasteiger partial charge in [-0.05, 0) is 57.4 Å². The number of nitrogens with zero attached hydrogens (tertiary/aromatic N) is 4. The van der Waals surface area contributed by atoms with Gasteiger partial charge < -0.3 is 20.8 Å². The molecule has 1 saturated carbocycles. The zero-order chi connectivity index (χ0) is 24.5. The molecule has 3 aromatic heterocycles. The molecule has 1 aliphatic carbocycles. The number of carbonyl (C=O) groups excluding carboxylic acids is 1. The molecule has 0 aromatic carbocycles. The summed E-state index contributed by atoms with van der Waals surface area (Å²) in [4.78, 5) is 17.3. The molecule has 1 fully saturated rings. The summed E-state index contributed by atoms with van der Waals surface area (Å²) < 4.78 is 15.8. The first-order chi connectivity index (χ1) is 16.2. The number of nitriles is 1. The van der Waals surface area contributed by atoms with Gasteiger partial charge in [-0.3, -0.25) is 9.78 Å². The van der Waals surface area contributed by atoms with Crippen molar-refractivity contribution >= 4 is 17.1 Å². The van der Waals surface area contributed by atoms with E-state index in [1.165, 1.54) is 26.2 Å². The molecule has 0 saturated heterocycles. The minimum atomic E-state index is -1.64. The second-order valence-electron chi connectivity index (χ2n) is 9.17. The van der Waals surface area contributed by atoms with Crippen LogP contribution in [0.2, 0.25) is 0 Å². The van der Waals surface area contributed by atoms with Crippen LogP contribution in [0.25, 0.3) is 16.9 Å². The van der Waals surface area contributed by atoms with Crippen LogP contribution in [0, 0.1) is 11.3 Å². The number of pyridine rings is 1. The summed E-state index contributed by atoms with van der Waals surface area (Å²) in [6, 6.07) is 9.13. The quantitative estimate of drug-likeness (QED) is 0.420. The van der Waals surface area contributed by atoms with Crippen molar-refractivity contribution in [3.63, 3.8) is 0 Å². The lowest BCUT2D eigenvalue weighted by molar-refractivity contribution is -0.00177. The molecule has 3 heterocycles. The van der Waals surface area contributed by atoms with Gasteiger partial charge in [0.2, 0.25) is 0 Å². The third-order valence-corrected chi connectivity index (χ3v) is 6.01. The first-order valence-corrected chi connectivity index (χ1v) is 11.1. The van der Waals surface area contributed by atoms with Crippen LogP contribution in [0.5, 0.6) is 0 Å². The second kappa shape index (κ2) is 9.37. The molecule has 0 bridgehead atoms. The average molecular weight is 467 g/mol. The molecule has 9 nitrogen and oxygen atoms in total. The fourth-order valence-electron chi connectivity index (χ4n) is 3.99. The maximum atomic E-state index is 14.2. The molecule has 34 heavy (non-hydrogen) atoms. The van der Waals surface area contributed by atoms with Gasteiger partial charge in [0.15, 0.2) is 0 Å². The van der Waals surface area contributed by atoms with Crippen LogP contribution >= 0.6 is 0 Å². The molecule has 0 spiro atoms. The highest BCUT2D eigenvalue weighted by Gasteiger charge is 2.28. The van der Waals surface area contributed by atoms with E-state index in [9.17, 15) is 19.4 Å². The Balaban J connectivity index is 1.66. The van der Waals surface area contributed by atoms with Gasteiger partial charge in [0.1, 0.15) is 12.2 Å². The molecule has 178 valence electrons. The Morgan fingerprint density at radius 1 is 1.35 bits per heavy atom. The summed E-state index contributed by atoms with van der Waals surface area (Å²) in [5.41, 5.74) is 1.55. The van der Waals surface area contributed by atoms with Crippen molar-refractivity contribution < 1.29 is 19.4 Å². The van der Waals surface area contributed by atoms with Gasteiger partial charge in [-0.1, -0.05) is 0 Å². The van der Waals surface area contributed by atoms with Crippen LogP contribution in [-0.2, 0) is 0 Å². The third kappa shape index (κ3) is 5.00. The fraction of sp³-hybridized carbons (Fsp3) is 0.417. The summed E-state index contributed by atoms with van der Waals surface area (Å²) >= 11 is 0. The number of alkyl halides is 1. The molecular weight excluding hydrogens is 439 g/mol. The number of aliphatic hydroxyl groups is 2. The van der Waals surface area contributed by atoms with Gasteiger partial charge in [-0.25, -0.2) is 8.91 Å². The lowest BCUT2D eigenvalue weighted by atomic mass is 10.0. The van der Waals surface area contributed by atoms with E-state index < -0.39 is 23.8 Å². The normalized spacial score (nSPS) is 19.1. The Morgan fingerprint density at radius 2 is 2.15 bits per heavy atom. The molecule has 0 aliphatic heterocycles. The monoisotopic (exact) mass is 466 g/mol. The number of nitrogens with one attached hydrogen (secondary N) is 2. The number of carbonyl (C=O) groups is 1. The van der Waals surface area contributed by atoms with Crippen LogP contribution in [0.3, 0.4) is 0 Å². The Kier molecular flexibility index (Phi) is 6.50. The fourth-order valence-corrected chi connectivity index (χ4v) is 3.99. The van der Waals surface area contributed by atoms with Gasteiger partial charge in [-0.2, -0.15) is 10.4 Å². The van der Waals surface area contributed by atoms with Crippen LogP contribution in [0.4, 0.5) is 10.1 Å². The van der Waals surface area contributed by atoms with E-state index >= 15 is 0 Å². The predicted octanol–water partition coefficient (Wildman–Crippen LogP) is 2.43. The topological polar surface area (TPSA) is 136 Å². The maximum absolute atomic E-state index is 14.2. The number of rotatable bonds is 7. The molecule has 1 amide bonds. The van der Waals surface area contributed by atoms with Gasteiger partial charge >= 0.3 is 0 Å². The first-order valence-electron chi connectivity index (χ1n) is 11.1. The van der Waals surface area contributed by atoms with E-state index in [-0.39, 0.29) is 18.2 Å². The smallest absolute Gasteiger partial charge is 0.255 e. The van der Waals surface area contributed by atoms with Crippen molar-refractivity contribution in [2.45, 2.75) is 57.0 Å².